The van der Waals surface area contributed by atoms with E-state index in [2.05, 4.69) is 15.8 Å². The van der Waals surface area contributed by atoms with Crippen molar-refractivity contribution < 1.29 is 9.72 Å². The molecule has 0 aliphatic heterocycles. The molecule has 0 bridgehead atoms. The number of carbonyl (C=O) groups excluding carboxylic acids is 1. The molecule has 0 aliphatic carbocycles. The lowest BCUT2D eigenvalue weighted by molar-refractivity contribution is -0.384. The smallest absolute Gasteiger partial charge is 0.269 e. The SMILES string of the molecule is Cc1ccc(Cl)cc1Nc1snc(SCC(=O)c2ccc([N+](=O)[O-])cc2)c1C#N. The summed E-state index contributed by atoms with van der Waals surface area (Å²) in [5, 5.41) is 25.0. The van der Waals surface area contributed by atoms with Gasteiger partial charge in [0.2, 0.25) is 0 Å². The number of hydrogen-bond acceptors (Lipinski definition) is 8. The number of halogens is 1. The first-order valence-corrected chi connectivity index (χ1v) is 10.4. The van der Waals surface area contributed by atoms with E-state index in [9.17, 15) is 20.2 Å². The zero-order valence-corrected chi connectivity index (χ0v) is 17.4. The highest BCUT2D eigenvalue weighted by molar-refractivity contribution is 8.00. The predicted molar refractivity (Wildman–Crippen MR) is 114 cm³/mol. The molecule has 2 aromatic carbocycles. The second-order valence-corrected chi connectivity index (χ2v) is 8.08. The molecule has 0 saturated carbocycles. The number of Topliss-reactive ketones (excluding diaryl/α,β-unsaturated/α-hetero) is 1. The van der Waals surface area contributed by atoms with Gasteiger partial charge in [-0.05, 0) is 48.3 Å². The Morgan fingerprint density at radius 3 is 2.72 bits per heavy atom. The Kier molecular flexibility index (Phi) is 6.49. The van der Waals surface area contributed by atoms with Crippen LogP contribution in [0.25, 0.3) is 0 Å². The number of thioether (sulfide) groups is 1. The van der Waals surface area contributed by atoms with E-state index in [4.69, 9.17) is 11.6 Å². The van der Waals surface area contributed by atoms with E-state index in [1.807, 2.05) is 13.0 Å². The Labute approximate surface area is 179 Å². The van der Waals surface area contributed by atoms with Gasteiger partial charge in [-0.15, -0.1) is 0 Å². The molecule has 0 fully saturated rings. The average molecular weight is 445 g/mol. The van der Waals surface area contributed by atoms with Gasteiger partial charge in [0.25, 0.3) is 5.69 Å². The van der Waals surface area contributed by atoms with Gasteiger partial charge in [0.1, 0.15) is 21.7 Å². The second kappa shape index (κ2) is 9.05. The number of carbonyl (C=O) groups is 1. The molecule has 0 spiro atoms. The monoisotopic (exact) mass is 444 g/mol. The quantitative estimate of drug-likeness (QED) is 0.218. The van der Waals surface area contributed by atoms with Crippen LogP contribution < -0.4 is 5.32 Å². The van der Waals surface area contributed by atoms with Gasteiger partial charge in [0.15, 0.2) is 5.78 Å². The fourth-order valence-electron chi connectivity index (χ4n) is 2.40. The zero-order valence-electron chi connectivity index (χ0n) is 15.0. The third-order valence-corrected chi connectivity index (χ3v) is 6.05. The molecule has 3 rings (SSSR count). The summed E-state index contributed by atoms with van der Waals surface area (Å²) < 4.78 is 4.28. The normalized spacial score (nSPS) is 10.4. The van der Waals surface area contributed by atoms with Crippen molar-refractivity contribution in [2.75, 3.05) is 11.1 Å². The minimum Gasteiger partial charge on any atom is -0.345 e. The number of nitro benzene ring substituents is 1. The molecule has 3 aromatic rings. The van der Waals surface area contributed by atoms with Crippen LogP contribution in [0.3, 0.4) is 0 Å². The number of nitrogens with one attached hydrogen (secondary N) is 1. The first kappa shape index (κ1) is 20.8. The summed E-state index contributed by atoms with van der Waals surface area (Å²) in [5.74, 6) is -0.145. The molecule has 0 saturated heterocycles. The third-order valence-electron chi connectivity index (χ3n) is 3.96. The lowest BCUT2D eigenvalue weighted by Crippen LogP contribution is -2.03. The van der Waals surface area contributed by atoms with Crippen LogP contribution in [-0.4, -0.2) is 20.8 Å². The molecule has 1 N–H and O–H groups in total. The molecule has 0 aliphatic rings. The number of hydrogen-bond donors (Lipinski definition) is 1. The van der Waals surface area contributed by atoms with E-state index < -0.39 is 4.92 Å². The standard InChI is InChI=1S/C19H13ClN4O3S2/c1-11-2-5-13(20)8-16(11)22-18-15(9-21)19(23-29-18)28-10-17(25)12-3-6-14(7-4-12)24(26)27/h2-8,22H,10H2,1H3. The van der Waals surface area contributed by atoms with E-state index in [0.717, 1.165) is 34.5 Å². The maximum atomic E-state index is 12.4. The summed E-state index contributed by atoms with van der Waals surface area (Å²) in [5.41, 5.74) is 2.39. The number of rotatable bonds is 7. The molecular weight excluding hydrogens is 432 g/mol. The van der Waals surface area contributed by atoms with Gasteiger partial charge in [-0.2, -0.15) is 9.64 Å². The summed E-state index contributed by atoms with van der Waals surface area (Å²) in [6, 6.07) is 13.0. The van der Waals surface area contributed by atoms with Crippen molar-refractivity contribution in [1.29, 1.82) is 5.26 Å². The van der Waals surface area contributed by atoms with Crippen molar-refractivity contribution in [3.63, 3.8) is 0 Å². The summed E-state index contributed by atoms with van der Waals surface area (Å²) in [6.45, 7) is 1.92. The Balaban J connectivity index is 1.72. The molecule has 0 atom stereocenters. The van der Waals surface area contributed by atoms with Crippen molar-refractivity contribution in [2.45, 2.75) is 11.9 Å². The second-order valence-electron chi connectivity index (χ2n) is 5.90. The number of aromatic nitrogens is 1. The number of nitrogens with zero attached hydrogens (tertiary/aromatic N) is 3. The van der Waals surface area contributed by atoms with Crippen LogP contribution in [0.2, 0.25) is 5.02 Å². The number of ketones is 1. The number of aryl methyl sites for hydroxylation is 1. The number of anilines is 2. The molecule has 29 heavy (non-hydrogen) atoms. The zero-order chi connectivity index (χ0) is 21.0. The van der Waals surface area contributed by atoms with Crippen molar-refractivity contribution in [3.8, 4) is 6.07 Å². The van der Waals surface area contributed by atoms with E-state index in [-0.39, 0.29) is 17.2 Å². The van der Waals surface area contributed by atoms with Gasteiger partial charge in [0, 0.05) is 28.4 Å². The highest BCUT2D eigenvalue weighted by Crippen LogP contribution is 2.35. The van der Waals surface area contributed by atoms with Crippen molar-refractivity contribution in [1.82, 2.24) is 4.37 Å². The largest absolute Gasteiger partial charge is 0.345 e. The van der Waals surface area contributed by atoms with Crippen molar-refractivity contribution in [3.05, 3.63) is 74.3 Å². The van der Waals surface area contributed by atoms with Crippen LogP contribution in [0, 0.1) is 28.4 Å². The lowest BCUT2D eigenvalue weighted by atomic mass is 10.1. The summed E-state index contributed by atoms with van der Waals surface area (Å²) >= 11 is 8.32. The molecular formula is C19H13ClN4O3S2. The van der Waals surface area contributed by atoms with Crippen LogP contribution in [0.4, 0.5) is 16.4 Å². The fraction of sp³-hybridized carbons (Fsp3) is 0.105. The van der Waals surface area contributed by atoms with E-state index in [0.29, 0.717) is 26.2 Å². The molecule has 0 amide bonds. The predicted octanol–water partition coefficient (Wildman–Crippen LogP) is 5.60. The minimum atomic E-state index is -0.520. The third kappa shape index (κ3) is 4.92. The highest BCUT2D eigenvalue weighted by atomic mass is 35.5. The van der Waals surface area contributed by atoms with Gasteiger partial charge in [-0.25, -0.2) is 0 Å². The Morgan fingerprint density at radius 2 is 2.07 bits per heavy atom. The lowest BCUT2D eigenvalue weighted by Gasteiger charge is -2.08. The summed E-state index contributed by atoms with van der Waals surface area (Å²) in [7, 11) is 0. The molecule has 1 heterocycles. The van der Waals surface area contributed by atoms with Gasteiger partial charge in [0.05, 0.1) is 10.7 Å². The molecule has 0 radical (unpaired) electrons. The highest BCUT2D eigenvalue weighted by Gasteiger charge is 2.17. The van der Waals surface area contributed by atoms with E-state index in [1.54, 1.807) is 12.1 Å². The van der Waals surface area contributed by atoms with Crippen LogP contribution in [0.1, 0.15) is 21.5 Å². The molecule has 7 nitrogen and oxygen atoms in total. The van der Waals surface area contributed by atoms with Gasteiger partial charge >= 0.3 is 0 Å². The Hall–Kier alpha value is -2.93. The number of nitro groups is 1. The maximum Gasteiger partial charge on any atom is 0.269 e. The summed E-state index contributed by atoms with van der Waals surface area (Å²) in [4.78, 5) is 22.5. The van der Waals surface area contributed by atoms with Crippen LogP contribution in [0.5, 0.6) is 0 Å². The first-order valence-electron chi connectivity index (χ1n) is 8.22. The number of nitriles is 1. The van der Waals surface area contributed by atoms with Crippen molar-refractivity contribution in [2.24, 2.45) is 0 Å². The van der Waals surface area contributed by atoms with Crippen LogP contribution >= 0.6 is 34.9 Å². The first-order chi connectivity index (χ1) is 13.9. The van der Waals surface area contributed by atoms with Gasteiger partial charge in [-0.1, -0.05) is 29.4 Å². The van der Waals surface area contributed by atoms with Gasteiger partial charge in [-0.3, -0.25) is 14.9 Å². The number of non-ortho nitro benzene ring substituents is 1. The Morgan fingerprint density at radius 1 is 1.34 bits per heavy atom. The van der Waals surface area contributed by atoms with Crippen molar-refractivity contribution >= 4 is 57.1 Å². The van der Waals surface area contributed by atoms with Crippen LogP contribution in [0.15, 0.2) is 47.5 Å². The minimum absolute atomic E-state index is 0.0614. The van der Waals surface area contributed by atoms with E-state index in [1.165, 1.54) is 24.3 Å². The average Bonchev–Trinajstić information content (AvgIpc) is 3.10. The fourth-order valence-corrected chi connectivity index (χ4v) is 4.34. The molecule has 1 aromatic heterocycles. The topological polar surface area (TPSA) is 109 Å². The molecule has 0 unspecified atom stereocenters. The molecule has 146 valence electrons. The Bertz CT molecular complexity index is 1120. The van der Waals surface area contributed by atoms with Crippen LogP contribution in [-0.2, 0) is 0 Å². The van der Waals surface area contributed by atoms with Gasteiger partial charge < -0.3 is 5.32 Å². The number of benzene rings is 2. The molecule has 10 heteroatoms. The summed E-state index contributed by atoms with van der Waals surface area (Å²) in [6.07, 6.45) is 0. The maximum absolute atomic E-state index is 12.4. The van der Waals surface area contributed by atoms with E-state index >= 15 is 0 Å².